The Hall–Kier alpha value is -2.20. The van der Waals surface area contributed by atoms with Crippen molar-refractivity contribution in [2.45, 2.75) is 26.3 Å². The molecule has 4 heteroatoms. The molecular formula is C17H18N4. The smallest absolute Gasteiger partial charge is 0.160 e. The summed E-state index contributed by atoms with van der Waals surface area (Å²) in [4.78, 5) is 3.43. The van der Waals surface area contributed by atoms with Crippen LogP contribution >= 0.6 is 0 Å². The first-order valence-electron chi connectivity index (χ1n) is 7.41. The van der Waals surface area contributed by atoms with E-state index < -0.39 is 0 Å². The summed E-state index contributed by atoms with van der Waals surface area (Å²) in [5, 5.41) is 13.5. The number of fused-ring (bicyclic) bond motifs is 3. The van der Waals surface area contributed by atoms with Gasteiger partial charge >= 0.3 is 0 Å². The van der Waals surface area contributed by atoms with Crippen LogP contribution in [0.4, 0.5) is 0 Å². The fourth-order valence-corrected chi connectivity index (χ4v) is 3.26. The van der Waals surface area contributed by atoms with Crippen LogP contribution in [0.2, 0.25) is 0 Å². The topological polar surface area (TPSA) is 53.6 Å². The molecule has 4 nitrogen and oxygen atoms in total. The highest BCUT2D eigenvalue weighted by Crippen LogP contribution is 2.32. The number of aromatic amines is 1. The maximum absolute atomic E-state index is 4.40. The van der Waals surface area contributed by atoms with Crippen molar-refractivity contribution in [3.05, 3.63) is 47.2 Å². The van der Waals surface area contributed by atoms with E-state index in [9.17, 15) is 0 Å². The third-order valence-corrected chi connectivity index (χ3v) is 4.36. The molecule has 1 atom stereocenters. The lowest BCUT2D eigenvalue weighted by Crippen LogP contribution is -2.27. The maximum Gasteiger partial charge on any atom is 0.160 e. The quantitative estimate of drug-likeness (QED) is 0.719. The van der Waals surface area contributed by atoms with Crippen LogP contribution in [0.3, 0.4) is 0 Å². The van der Waals surface area contributed by atoms with Gasteiger partial charge in [-0.25, -0.2) is 0 Å². The third kappa shape index (κ3) is 1.94. The monoisotopic (exact) mass is 278 g/mol. The van der Waals surface area contributed by atoms with E-state index in [1.165, 1.54) is 22.2 Å². The molecular weight excluding hydrogens is 260 g/mol. The van der Waals surface area contributed by atoms with E-state index in [-0.39, 0.29) is 0 Å². The average molecular weight is 278 g/mol. The molecule has 1 aromatic carbocycles. The predicted octanol–water partition coefficient (Wildman–Crippen LogP) is 3.14. The van der Waals surface area contributed by atoms with Gasteiger partial charge in [-0.05, 0) is 31.0 Å². The summed E-state index contributed by atoms with van der Waals surface area (Å²) in [6, 6.07) is 10.8. The summed E-state index contributed by atoms with van der Waals surface area (Å²) < 4.78 is 0. The average Bonchev–Trinajstić information content (AvgIpc) is 2.86. The van der Waals surface area contributed by atoms with Crippen LogP contribution in [0.5, 0.6) is 0 Å². The number of nitrogens with zero attached hydrogens (tertiary/aromatic N) is 2. The number of hydrogen-bond donors (Lipinski definition) is 2. The first-order valence-corrected chi connectivity index (χ1v) is 7.41. The predicted molar refractivity (Wildman–Crippen MR) is 84.2 cm³/mol. The molecule has 0 bridgehead atoms. The second-order valence-corrected chi connectivity index (χ2v) is 5.75. The zero-order valence-corrected chi connectivity index (χ0v) is 12.3. The van der Waals surface area contributed by atoms with Crippen LogP contribution in [-0.4, -0.2) is 21.7 Å². The summed E-state index contributed by atoms with van der Waals surface area (Å²) in [7, 11) is 0. The van der Waals surface area contributed by atoms with Gasteiger partial charge in [-0.1, -0.05) is 24.3 Å². The van der Waals surface area contributed by atoms with Gasteiger partial charge in [0.25, 0.3) is 0 Å². The van der Waals surface area contributed by atoms with Gasteiger partial charge in [-0.15, -0.1) is 10.2 Å². The summed E-state index contributed by atoms with van der Waals surface area (Å²) in [5.41, 5.74) is 6.86. The van der Waals surface area contributed by atoms with Crippen LogP contribution < -0.4 is 5.32 Å². The first-order chi connectivity index (χ1) is 10.2. The Bertz CT molecular complexity index is 819. The molecule has 0 fully saturated rings. The molecule has 0 radical (unpaired) electrons. The van der Waals surface area contributed by atoms with Gasteiger partial charge in [0.1, 0.15) is 0 Å². The van der Waals surface area contributed by atoms with Crippen molar-refractivity contribution in [2.24, 2.45) is 0 Å². The summed E-state index contributed by atoms with van der Waals surface area (Å²) in [5.74, 6) is 0. The number of benzene rings is 1. The van der Waals surface area contributed by atoms with Gasteiger partial charge in [0, 0.05) is 35.7 Å². The van der Waals surface area contributed by atoms with Gasteiger partial charge in [0.2, 0.25) is 0 Å². The van der Waals surface area contributed by atoms with Crippen molar-refractivity contribution in [1.82, 2.24) is 20.5 Å². The van der Waals surface area contributed by atoms with Crippen LogP contribution in [0.15, 0.2) is 30.3 Å². The van der Waals surface area contributed by atoms with Crippen molar-refractivity contribution in [3.63, 3.8) is 0 Å². The Morgan fingerprint density at radius 1 is 1.19 bits per heavy atom. The number of aromatic nitrogens is 3. The molecule has 0 saturated carbocycles. The lowest BCUT2D eigenvalue weighted by molar-refractivity contribution is 0.541. The molecule has 0 aliphatic carbocycles. The molecule has 1 aliphatic rings. The summed E-state index contributed by atoms with van der Waals surface area (Å²) in [6.45, 7) is 5.33. The molecule has 0 spiro atoms. The maximum atomic E-state index is 4.40. The lowest BCUT2D eigenvalue weighted by Gasteiger charge is -2.20. The molecule has 0 saturated heterocycles. The fourth-order valence-electron chi connectivity index (χ4n) is 3.26. The number of nitrogens with one attached hydrogen (secondary N) is 2. The lowest BCUT2D eigenvalue weighted by atomic mass is 9.98. The molecule has 0 unspecified atom stereocenters. The standard InChI is InChI=1S/C17H18N4/c1-10-5-3-4-6-12(10)15-9-13-16-11(2)18-8-7-14(16)19-17(13)21-20-15/h3-6,9,11,18H,7-8H2,1-2H3,(H,19,21)/t11-/m1/s1. The van der Waals surface area contributed by atoms with E-state index in [2.05, 4.69) is 58.6 Å². The van der Waals surface area contributed by atoms with E-state index in [1.807, 2.05) is 6.07 Å². The van der Waals surface area contributed by atoms with E-state index in [4.69, 9.17) is 0 Å². The number of rotatable bonds is 1. The van der Waals surface area contributed by atoms with Crippen LogP contribution in [-0.2, 0) is 6.42 Å². The van der Waals surface area contributed by atoms with Crippen molar-refractivity contribution in [1.29, 1.82) is 0 Å². The molecule has 2 aromatic heterocycles. The van der Waals surface area contributed by atoms with E-state index >= 15 is 0 Å². The molecule has 2 N–H and O–H groups in total. The Labute approximate surface area is 123 Å². The van der Waals surface area contributed by atoms with E-state index in [0.717, 1.165) is 29.9 Å². The fraction of sp³-hybridized carbons (Fsp3) is 0.294. The molecule has 0 amide bonds. The second-order valence-electron chi connectivity index (χ2n) is 5.75. The zero-order chi connectivity index (χ0) is 14.4. The molecule has 3 heterocycles. The van der Waals surface area contributed by atoms with E-state index in [0.29, 0.717) is 6.04 Å². The highest BCUT2D eigenvalue weighted by molar-refractivity contribution is 5.85. The van der Waals surface area contributed by atoms with Crippen LogP contribution in [0.25, 0.3) is 22.3 Å². The van der Waals surface area contributed by atoms with Crippen molar-refractivity contribution in [2.75, 3.05) is 6.54 Å². The Kier molecular flexibility index (Phi) is 2.79. The minimum Gasteiger partial charge on any atom is -0.341 e. The molecule has 21 heavy (non-hydrogen) atoms. The van der Waals surface area contributed by atoms with Crippen LogP contribution in [0, 0.1) is 6.92 Å². The normalized spacial score (nSPS) is 17.9. The number of aryl methyl sites for hydroxylation is 1. The first kappa shape index (κ1) is 12.5. The van der Waals surface area contributed by atoms with Gasteiger partial charge in [0.15, 0.2) is 5.65 Å². The summed E-state index contributed by atoms with van der Waals surface area (Å²) >= 11 is 0. The van der Waals surface area contributed by atoms with Gasteiger partial charge < -0.3 is 10.3 Å². The van der Waals surface area contributed by atoms with E-state index in [1.54, 1.807) is 0 Å². The molecule has 4 rings (SSSR count). The molecule has 3 aromatic rings. The zero-order valence-electron chi connectivity index (χ0n) is 12.3. The van der Waals surface area contributed by atoms with Crippen molar-refractivity contribution >= 4 is 11.0 Å². The van der Waals surface area contributed by atoms with Gasteiger partial charge in [0.05, 0.1) is 5.69 Å². The van der Waals surface area contributed by atoms with Gasteiger partial charge in [-0.3, -0.25) is 0 Å². The summed E-state index contributed by atoms with van der Waals surface area (Å²) in [6.07, 6.45) is 1.02. The molecule has 106 valence electrons. The minimum atomic E-state index is 0.358. The minimum absolute atomic E-state index is 0.358. The third-order valence-electron chi connectivity index (χ3n) is 4.36. The van der Waals surface area contributed by atoms with Gasteiger partial charge in [-0.2, -0.15) is 0 Å². The number of H-pyrrole nitrogens is 1. The Morgan fingerprint density at radius 2 is 2.05 bits per heavy atom. The molecule has 1 aliphatic heterocycles. The highest BCUT2D eigenvalue weighted by Gasteiger charge is 2.22. The van der Waals surface area contributed by atoms with Crippen molar-refractivity contribution in [3.8, 4) is 11.3 Å². The van der Waals surface area contributed by atoms with Crippen molar-refractivity contribution < 1.29 is 0 Å². The number of hydrogen-bond acceptors (Lipinski definition) is 3. The Morgan fingerprint density at radius 3 is 2.90 bits per heavy atom. The van der Waals surface area contributed by atoms with Crippen LogP contribution in [0.1, 0.15) is 29.8 Å². The largest absolute Gasteiger partial charge is 0.341 e. The Balaban J connectivity index is 1.94. The highest BCUT2D eigenvalue weighted by atomic mass is 15.1. The second kappa shape index (κ2) is 4.67. The SMILES string of the molecule is Cc1ccccc1-c1cc2c3c([nH]c2nn1)CCN[C@@H]3C.